The van der Waals surface area contributed by atoms with Crippen molar-refractivity contribution in [2.75, 3.05) is 52.4 Å². The third-order valence-corrected chi connectivity index (χ3v) is 5.45. The summed E-state index contributed by atoms with van der Waals surface area (Å²) in [5, 5.41) is 11.1. The molecule has 168 valence electrons. The average molecular weight is 521 g/mol. The molecule has 0 aliphatic carbocycles. The Morgan fingerprint density at radius 2 is 1.76 bits per heavy atom. The van der Waals surface area contributed by atoms with Crippen LogP contribution in [-0.4, -0.2) is 73.3 Å². The number of hydrogen-bond acceptors (Lipinski definition) is 5. The Hall–Kier alpha value is -0.870. The van der Waals surface area contributed by atoms with E-state index in [2.05, 4.69) is 60.2 Å². The van der Waals surface area contributed by atoms with Gasteiger partial charge >= 0.3 is 0 Å². The van der Waals surface area contributed by atoms with Crippen molar-refractivity contribution in [2.45, 2.75) is 54.0 Å². The predicted molar refractivity (Wildman–Crippen MR) is 131 cm³/mol. The Bertz CT molecular complexity index is 576. The van der Waals surface area contributed by atoms with Crippen molar-refractivity contribution >= 4 is 29.9 Å². The Morgan fingerprint density at radius 1 is 1.07 bits per heavy atom. The number of piperazine rings is 1. The maximum Gasteiger partial charge on any atom is 0.191 e. The van der Waals surface area contributed by atoms with Crippen molar-refractivity contribution in [1.82, 2.24) is 25.6 Å². The summed E-state index contributed by atoms with van der Waals surface area (Å²) in [5.74, 6) is 2.40. The van der Waals surface area contributed by atoms with Crippen LogP contribution in [-0.2, 0) is 19.4 Å². The molecule has 1 aliphatic rings. The summed E-state index contributed by atoms with van der Waals surface area (Å²) in [4.78, 5) is 9.89. The van der Waals surface area contributed by atoms with Crippen LogP contribution in [0.4, 0.5) is 0 Å². The fourth-order valence-electron chi connectivity index (χ4n) is 3.68. The summed E-state index contributed by atoms with van der Waals surface area (Å²) in [6.45, 7) is 20.3. The molecule has 0 saturated carbocycles. The van der Waals surface area contributed by atoms with E-state index in [4.69, 9.17) is 9.52 Å². The summed E-state index contributed by atoms with van der Waals surface area (Å²) >= 11 is 0. The molecule has 2 rings (SSSR count). The van der Waals surface area contributed by atoms with Gasteiger partial charge in [0.15, 0.2) is 5.96 Å². The van der Waals surface area contributed by atoms with Gasteiger partial charge in [-0.05, 0) is 25.8 Å². The van der Waals surface area contributed by atoms with E-state index in [1.165, 1.54) is 32.7 Å². The van der Waals surface area contributed by atoms with Crippen LogP contribution >= 0.6 is 24.0 Å². The van der Waals surface area contributed by atoms with Crippen molar-refractivity contribution in [3.8, 4) is 0 Å². The molecule has 7 nitrogen and oxygen atoms in total. The van der Waals surface area contributed by atoms with Gasteiger partial charge in [0.2, 0.25) is 0 Å². The highest BCUT2D eigenvalue weighted by Gasteiger charge is 2.18. The quantitative estimate of drug-likeness (QED) is 0.281. The van der Waals surface area contributed by atoms with Crippen LogP contribution in [0.15, 0.2) is 9.52 Å². The van der Waals surface area contributed by atoms with Gasteiger partial charge in [0, 0.05) is 57.8 Å². The van der Waals surface area contributed by atoms with E-state index < -0.39 is 0 Å². The van der Waals surface area contributed by atoms with E-state index in [-0.39, 0.29) is 24.0 Å². The number of rotatable bonds is 10. The lowest BCUT2D eigenvalue weighted by Crippen LogP contribution is -2.48. The van der Waals surface area contributed by atoms with E-state index in [0.717, 1.165) is 55.5 Å². The number of guanidine groups is 1. The molecule has 0 aromatic carbocycles. The minimum atomic E-state index is 0. The van der Waals surface area contributed by atoms with Crippen LogP contribution in [0.5, 0.6) is 0 Å². The van der Waals surface area contributed by atoms with Gasteiger partial charge in [0.25, 0.3) is 0 Å². The van der Waals surface area contributed by atoms with Crippen LogP contribution in [0.1, 0.15) is 51.6 Å². The first-order valence-electron chi connectivity index (χ1n) is 11.0. The lowest BCUT2D eigenvalue weighted by Gasteiger charge is -2.35. The summed E-state index contributed by atoms with van der Waals surface area (Å²) < 4.78 is 5.46. The molecule has 29 heavy (non-hydrogen) atoms. The molecular weight excluding hydrogens is 479 g/mol. The molecule has 8 heteroatoms. The van der Waals surface area contributed by atoms with Crippen molar-refractivity contribution in [1.29, 1.82) is 0 Å². The zero-order valence-corrected chi connectivity index (χ0v) is 21.3. The van der Waals surface area contributed by atoms with Gasteiger partial charge < -0.3 is 25.0 Å². The topological polar surface area (TPSA) is 68.9 Å². The highest BCUT2D eigenvalue weighted by atomic mass is 127. The maximum atomic E-state index is 5.46. The van der Waals surface area contributed by atoms with Gasteiger partial charge in [-0.2, -0.15) is 0 Å². The number of halogens is 1. The highest BCUT2D eigenvalue weighted by molar-refractivity contribution is 14.0. The smallest absolute Gasteiger partial charge is 0.191 e. The molecule has 1 atom stereocenters. The average Bonchev–Trinajstić information content (AvgIpc) is 3.12. The lowest BCUT2D eigenvalue weighted by atomic mass is 10.1. The van der Waals surface area contributed by atoms with Gasteiger partial charge in [-0.15, -0.1) is 24.0 Å². The van der Waals surface area contributed by atoms with E-state index in [1.54, 1.807) is 0 Å². The van der Waals surface area contributed by atoms with Crippen molar-refractivity contribution in [2.24, 2.45) is 10.9 Å². The van der Waals surface area contributed by atoms with Crippen molar-refractivity contribution in [3.05, 3.63) is 17.0 Å². The summed E-state index contributed by atoms with van der Waals surface area (Å²) in [5.41, 5.74) is 2.17. The second-order valence-electron chi connectivity index (χ2n) is 7.65. The first kappa shape index (κ1) is 26.2. The van der Waals surface area contributed by atoms with Crippen molar-refractivity contribution < 1.29 is 4.52 Å². The maximum absolute atomic E-state index is 5.46. The number of aryl methyl sites for hydroxylation is 2. The Kier molecular flexibility index (Phi) is 12.8. The molecule has 1 aromatic heterocycles. The highest BCUT2D eigenvalue weighted by Crippen LogP contribution is 2.16. The minimum absolute atomic E-state index is 0. The SMILES string of the molecule is CCNC(=NCc1c(CC)noc1CC)NCC(C)CN1CCN(CC)CC1.I. The van der Waals surface area contributed by atoms with Gasteiger partial charge in [-0.1, -0.05) is 32.9 Å². The molecular formula is C21H41IN6O. The first-order chi connectivity index (χ1) is 13.6. The standard InChI is InChI=1S/C21H40N6O.HI/c1-6-19-18(20(7-2)28-25-19)15-24-21(22-8-3)23-14-17(5)16-27-12-10-26(9-4)11-13-27;/h17H,6-16H2,1-5H3,(H2,22,23,24);1H. The monoisotopic (exact) mass is 520 g/mol. The lowest BCUT2D eigenvalue weighted by molar-refractivity contribution is 0.124. The van der Waals surface area contributed by atoms with Crippen LogP contribution in [0.2, 0.25) is 0 Å². The van der Waals surface area contributed by atoms with Gasteiger partial charge in [0.1, 0.15) is 5.76 Å². The Morgan fingerprint density at radius 3 is 2.34 bits per heavy atom. The fourth-order valence-corrected chi connectivity index (χ4v) is 3.68. The van der Waals surface area contributed by atoms with Crippen molar-refractivity contribution in [3.63, 3.8) is 0 Å². The van der Waals surface area contributed by atoms with Crippen LogP contribution < -0.4 is 10.6 Å². The largest absolute Gasteiger partial charge is 0.361 e. The molecule has 0 bridgehead atoms. The van der Waals surface area contributed by atoms with E-state index in [9.17, 15) is 0 Å². The van der Waals surface area contributed by atoms with Gasteiger partial charge in [-0.25, -0.2) is 4.99 Å². The third kappa shape index (κ3) is 8.41. The molecule has 2 N–H and O–H groups in total. The number of likely N-dealkylation sites (N-methyl/N-ethyl adjacent to an activating group) is 1. The molecule has 0 amide bonds. The molecule has 0 spiro atoms. The van der Waals surface area contributed by atoms with Gasteiger partial charge in [0.05, 0.1) is 12.2 Å². The second-order valence-corrected chi connectivity index (χ2v) is 7.65. The number of aromatic nitrogens is 1. The van der Waals surface area contributed by atoms with E-state index in [1.807, 2.05) is 0 Å². The number of aliphatic imine (C=N–C) groups is 1. The number of hydrogen-bond donors (Lipinski definition) is 2. The number of nitrogens with zero attached hydrogens (tertiary/aromatic N) is 4. The predicted octanol–water partition coefficient (Wildman–Crippen LogP) is 2.75. The molecule has 2 heterocycles. The van der Waals surface area contributed by atoms with Crippen LogP contribution in [0, 0.1) is 5.92 Å². The first-order valence-corrected chi connectivity index (χ1v) is 11.0. The number of nitrogens with one attached hydrogen (secondary N) is 2. The van der Waals surface area contributed by atoms with E-state index in [0.29, 0.717) is 12.5 Å². The molecule has 1 unspecified atom stereocenters. The summed E-state index contributed by atoms with van der Waals surface area (Å²) in [7, 11) is 0. The fraction of sp³-hybridized carbons (Fsp3) is 0.810. The Labute approximate surface area is 194 Å². The molecule has 1 aromatic rings. The molecule has 1 aliphatic heterocycles. The molecule has 1 saturated heterocycles. The van der Waals surface area contributed by atoms with Crippen LogP contribution in [0.3, 0.4) is 0 Å². The molecule has 1 fully saturated rings. The molecule has 0 radical (unpaired) electrons. The summed E-state index contributed by atoms with van der Waals surface area (Å²) in [6, 6.07) is 0. The Balaban J connectivity index is 0.00000420. The van der Waals surface area contributed by atoms with E-state index >= 15 is 0 Å². The summed E-state index contributed by atoms with van der Waals surface area (Å²) in [6.07, 6.45) is 1.73. The third-order valence-electron chi connectivity index (χ3n) is 5.45. The normalized spacial score (nSPS) is 17.1. The van der Waals surface area contributed by atoms with Gasteiger partial charge in [-0.3, -0.25) is 0 Å². The minimum Gasteiger partial charge on any atom is -0.361 e. The second kappa shape index (κ2) is 14.2. The zero-order valence-electron chi connectivity index (χ0n) is 19.0. The van der Waals surface area contributed by atoms with Crippen LogP contribution in [0.25, 0.3) is 0 Å². The zero-order chi connectivity index (χ0) is 20.4.